The summed E-state index contributed by atoms with van der Waals surface area (Å²) in [5.74, 6) is -0.657. The van der Waals surface area contributed by atoms with E-state index >= 15 is 0 Å². The Balaban J connectivity index is 0. The van der Waals surface area contributed by atoms with Crippen molar-refractivity contribution < 1.29 is 31.0 Å². The molecule has 0 aliphatic heterocycles. The summed E-state index contributed by atoms with van der Waals surface area (Å²) in [6.45, 7) is 2.25. The Kier molecular flexibility index (Phi) is 18.5. The van der Waals surface area contributed by atoms with Gasteiger partial charge in [-0.1, -0.05) is 71.1 Å². The van der Waals surface area contributed by atoms with E-state index in [0.717, 1.165) is 12.8 Å². The van der Waals surface area contributed by atoms with Crippen molar-refractivity contribution in [1.82, 2.24) is 0 Å². The molecule has 0 unspecified atom stereocenters. The monoisotopic (exact) mass is 412 g/mol. The molecule has 102 valence electrons. The van der Waals surface area contributed by atoms with Crippen molar-refractivity contribution in [1.29, 1.82) is 0 Å². The fraction of sp³-hybridized carbons (Fsp3) is 0.929. The van der Waals surface area contributed by atoms with E-state index in [1.165, 1.54) is 57.8 Å². The van der Waals surface area contributed by atoms with Crippen LogP contribution in [0.25, 0.3) is 0 Å². The van der Waals surface area contributed by atoms with Crippen molar-refractivity contribution in [3.05, 3.63) is 0 Å². The van der Waals surface area contributed by atoms with E-state index in [1.807, 2.05) is 0 Å². The van der Waals surface area contributed by atoms with Gasteiger partial charge in [-0.15, -0.1) is 0 Å². The fourth-order valence-electron chi connectivity index (χ4n) is 1.94. The first-order valence-electron chi connectivity index (χ1n) is 6.99. The minimum atomic E-state index is -0.657. The second-order valence-corrected chi connectivity index (χ2v) is 4.68. The summed E-state index contributed by atoms with van der Waals surface area (Å²) in [5, 5.41) is 8.46. The van der Waals surface area contributed by atoms with Crippen molar-refractivity contribution in [2.24, 2.45) is 0 Å². The molecule has 0 aromatic heterocycles. The topological polar surface area (TPSA) is 37.3 Å². The summed E-state index contributed by atoms with van der Waals surface area (Å²) in [6, 6.07) is 0. The van der Waals surface area contributed by atoms with Crippen LogP contribution in [0.4, 0.5) is 0 Å². The standard InChI is InChI=1S/C14H28O2.W/c1-2-3-4-5-6-7-8-9-10-11-12-13-14(15)16;/h2-13H2,1H3,(H,15,16);. The van der Waals surface area contributed by atoms with Gasteiger partial charge in [0.25, 0.3) is 0 Å². The van der Waals surface area contributed by atoms with Crippen LogP contribution in [-0.2, 0) is 25.9 Å². The molecular formula is C14H28O2W. The first-order chi connectivity index (χ1) is 7.77. The molecule has 0 saturated carbocycles. The molecule has 0 aromatic carbocycles. The average Bonchev–Trinajstić information content (AvgIpc) is 2.25. The predicted molar refractivity (Wildman–Crippen MR) is 68.7 cm³/mol. The Morgan fingerprint density at radius 2 is 1.12 bits per heavy atom. The third-order valence-corrected chi connectivity index (χ3v) is 2.99. The van der Waals surface area contributed by atoms with Crippen LogP contribution in [0.2, 0.25) is 0 Å². The van der Waals surface area contributed by atoms with Gasteiger partial charge in [-0.2, -0.15) is 0 Å². The summed E-state index contributed by atoms with van der Waals surface area (Å²) in [5.41, 5.74) is 0. The van der Waals surface area contributed by atoms with Crippen LogP contribution >= 0.6 is 0 Å². The quantitative estimate of drug-likeness (QED) is 0.469. The van der Waals surface area contributed by atoms with E-state index in [0.29, 0.717) is 6.42 Å². The van der Waals surface area contributed by atoms with Gasteiger partial charge in [0.2, 0.25) is 0 Å². The predicted octanol–water partition coefficient (Wildman–Crippen LogP) is 4.77. The van der Waals surface area contributed by atoms with Crippen LogP contribution in [0.5, 0.6) is 0 Å². The molecule has 0 heterocycles. The van der Waals surface area contributed by atoms with E-state index in [4.69, 9.17) is 5.11 Å². The number of rotatable bonds is 12. The summed E-state index contributed by atoms with van der Waals surface area (Å²) >= 11 is 0. The minimum absolute atomic E-state index is 0. The number of hydrogen-bond donors (Lipinski definition) is 1. The zero-order valence-corrected chi connectivity index (χ0v) is 14.2. The zero-order valence-electron chi connectivity index (χ0n) is 11.2. The maximum atomic E-state index is 10.3. The van der Waals surface area contributed by atoms with Gasteiger partial charge < -0.3 is 5.11 Å². The van der Waals surface area contributed by atoms with Crippen LogP contribution in [-0.4, -0.2) is 11.1 Å². The van der Waals surface area contributed by atoms with E-state index in [1.54, 1.807) is 0 Å². The van der Waals surface area contributed by atoms with E-state index < -0.39 is 5.97 Å². The molecule has 0 saturated heterocycles. The average molecular weight is 412 g/mol. The SMILES string of the molecule is CCCCCCCCCCCCCC(=O)O.[W]. The summed E-state index contributed by atoms with van der Waals surface area (Å²) in [4.78, 5) is 10.3. The Hall–Kier alpha value is 0.158. The number of unbranched alkanes of at least 4 members (excludes halogenated alkanes) is 10. The van der Waals surface area contributed by atoms with Gasteiger partial charge in [-0.3, -0.25) is 4.79 Å². The first kappa shape index (κ1) is 19.5. The molecule has 0 rings (SSSR count). The molecule has 3 heteroatoms. The second kappa shape index (κ2) is 16.2. The van der Waals surface area contributed by atoms with Crippen LogP contribution in [0.15, 0.2) is 0 Å². The van der Waals surface area contributed by atoms with Gasteiger partial charge in [-0.25, -0.2) is 0 Å². The molecule has 0 amide bonds. The smallest absolute Gasteiger partial charge is 0.303 e. The van der Waals surface area contributed by atoms with Gasteiger partial charge in [0.05, 0.1) is 0 Å². The number of carboxylic acid groups (broad SMARTS) is 1. The molecule has 0 aromatic rings. The molecule has 17 heavy (non-hydrogen) atoms. The molecule has 2 nitrogen and oxygen atoms in total. The number of carbonyl (C=O) groups is 1. The molecule has 1 N–H and O–H groups in total. The van der Waals surface area contributed by atoms with E-state index in [2.05, 4.69) is 6.92 Å². The molecular weight excluding hydrogens is 384 g/mol. The molecule has 0 aliphatic carbocycles. The van der Waals surface area contributed by atoms with Crippen molar-refractivity contribution >= 4 is 5.97 Å². The molecule has 0 bridgehead atoms. The van der Waals surface area contributed by atoms with Gasteiger partial charge in [0.1, 0.15) is 0 Å². The molecule has 0 atom stereocenters. The third kappa shape index (κ3) is 18.7. The molecule has 0 spiro atoms. The first-order valence-corrected chi connectivity index (χ1v) is 6.99. The maximum Gasteiger partial charge on any atom is 0.303 e. The van der Waals surface area contributed by atoms with Crippen molar-refractivity contribution in [3.63, 3.8) is 0 Å². The van der Waals surface area contributed by atoms with Gasteiger partial charge in [-0.05, 0) is 6.42 Å². The van der Waals surface area contributed by atoms with Gasteiger partial charge in [0, 0.05) is 27.5 Å². The summed E-state index contributed by atoms with van der Waals surface area (Å²) in [6.07, 6.45) is 14.4. The van der Waals surface area contributed by atoms with Crippen LogP contribution in [0.3, 0.4) is 0 Å². The minimum Gasteiger partial charge on any atom is -0.481 e. The van der Waals surface area contributed by atoms with Crippen LogP contribution in [0, 0.1) is 0 Å². The van der Waals surface area contributed by atoms with Crippen molar-refractivity contribution in [2.75, 3.05) is 0 Å². The molecule has 0 aliphatic rings. The summed E-state index contributed by atoms with van der Waals surface area (Å²) < 4.78 is 0. The van der Waals surface area contributed by atoms with Gasteiger partial charge >= 0.3 is 5.97 Å². The van der Waals surface area contributed by atoms with Crippen molar-refractivity contribution in [3.8, 4) is 0 Å². The maximum absolute atomic E-state index is 10.3. The Labute approximate surface area is 121 Å². The third-order valence-electron chi connectivity index (χ3n) is 2.99. The summed E-state index contributed by atoms with van der Waals surface area (Å²) in [7, 11) is 0. The van der Waals surface area contributed by atoms with Crippen LogP contribution < -0.4 is 0 Å². The second-order valence-electron chi connectivity index (χ2n) is 4.68. The Morgan fingerprint density at radius 1 is 0.765 bits per heavy atom. The normalized spacial score (nSPS) is 9.94. The van der Waals surface area contributed by atoms with Crippen molar-refractivity contribution in [2.45, 2.75) is 84.0 Å². The van der Waals surface area contributed by atoms with E-state index in [9.17, 15) is 4.79 Å². The van der Waals surface area contributed by atoms with Gasteiger partial charge in [0.15, 0.2) is 0 Å². The number of carboxylic acids is 1. The zero-order chi connectivity index (χ0) is 12.1. The van der Waals surface area contributed by atoms with E-state index in [-0.39, 0.29) is 21.1 Å². The Morgan fingerprint density at radius 3 is 1.47 bits per heavy atom. The number of hydrogen-bond acceptors (Lipinski definition) is 1. The number of aliphatic carboxylic acids is 1. The largest absolute Gasteiger partial charge is 0.481 e. The molecule has 0 fully saturated rings. The Bertz CT molecular complexity index is 160. The van der Waals surface area contributed by atoms with Crippen LogP contribution in [0.1, 0.15) is 84.0 Å². The molecule has 0 radical (unpaired) electrons. The fourth-order valence-corrected chi connectivity index (χ4v) is 1.94.